The maximum atomic E-state index is 11.1. The zero-order valence-corrected chi connectivity index (χ0v) is 9.13. The van der Waals surface area contributed by atoms with Crippen LogP contribution in [0.25, 0.3) is 0 Å². The maximum Gasteiger partial charge on any atom is 0.322 e. The molecule has 0 saturated carbocycles. The summed E-state index contributed by atoms with van der Waals surface area (Å²) in [6.45, 7) is 3.41. The lowest BCUT2D eigenvalue weighted by Gasteiger charge is -2.16. The highest BCUT2D eigenvalue weighted by Crippen LogP contribution is 2.04. The highest BCUT2D eigenvalue weighted by molar-refractivity contribution is 5.85. The topological polar surface area (TPSA) is 92.4 Å². The minimum atomic E-state index is -1.07. The third-order valence-corrected chi connectivity index (χ3v) is 1.97. The molecule has 4 N–H and O–H groups in total. The summed E-state index contributed by atoms with van der Waals surface area (Å²) in [6, 6.07) is -0.621. The summed E-state index contributed by atoms with van der Waals surface area (Å²) in [5.41, 5.74) is 5.55. The fourth-order valence-corrected chi connectivity index (χ4v) is 0.793. The van der Waals surface area contributed by atoms with Gasteiger partial charge in [0.05, 0.1) is 6.04 Å². The zero-order chi connectivity index (χ0) is 10.4. The Balaban J connectivity index is 0. The van der Waals surface area contributed by atoms with Crippen LogP contribution >= 0.6 is 12.4 Å². The first kappa shape index (κ1) is 15.7. The molecule has 0 radical (unpaired) electrons. The molecule has 0 aliphatic rings. The fourth-order valence-electron chi connectivity index (χ4n) is 0.793. The number of carboxylic acid groups (broad SMARTS) is 1. The molecular weight excluding hydrogens is 208 g/mol. The van der Waals surface area contributed by atoms with Crippen molar-refractivity contribution < 1.29 is 14.7 Å². The number of carbonyl (C=O) groups is 2. The largest absolute Gasteiger partial charge is 0.480 e. The van der Waals surface area contributed by atoms with E-state index < -0.39 is 17.9 Å². The Bertz CT molecular complexity index is 199. The van der Waals surface area contributed by atoms with Crippen LogP contribution in [0.2, 0.25) is 0 Å². The number of rotatable bonds is 5. The Kier molecular flexibility index (Phi) is 8.48. The second-order valence-corrected chi connectivity index (χ2v) is 3.02. The molecule has 0 bridgehead atoms. The Morgan fingerprint density at radius 3 is 2.36 bits per heavy atom. The van der Waals surface area contributed by atoms with Crippen molar-refractivity contribution in [1.82, 2.24) is 5.32 Å². The van der Waals surface area contributed by atoms with Crippen molar-refractivity contribution >= 4 is 24.3 Å². The SMILES string of the molecule is CC[C@H](C)[C@H](N)C(=O)NCC(=O)O.Cl. The van der Waals surface area contributed by atoms with Crippen molar-refractivity contribution in [3.8, 4) is 0 Å². The average Bonchev–Trinajstić information content (AvgIpc) is 2.11. The van der Waals surface area contributed by atoms with Gasteiger partial charge in [-0.25, -0.2) is 0 Å². The molecule has 6 heteroatoms. The van der Waals surface area contributed by atoms with Gasteiger partial charge in [-0.15, -0.1) is 12.4 Å². The lowest BCUT2D eigenvalue weighted by Crippen LogP contribution is -2.46. The average molecular weight is 225 g/mol. The third kappa shape index (κ3) is 5.77. The molecule has 0 aromatic rings. The molecule has 84 valence electrons. The van der Waals surface area contributed by atoms with Crippen LogP contribution in [0, 0.1) is 5.92 Å². The van der Waals surface area contributed by atoms with E-state index in [-0.39, 0.29) is 24.9 Å². The Morgan fingerprint density at radius 1 is 1.50 bits per heavy atom. The van der Waals surface area contributed by atoms with E-state index in [0.717, 1.165) is 6.42 Å². The molecule has 0 aliphatic carbocycles. The van der Waals surface area contributed by atoms with Crippen molar-refractivity contribution in [1.29, 1.82) is 0 Å². The third-order valence-electron chi connectivity index (χ3n) is 1.97. The lowest BCUT2D eigenvalue weighted by molar-refractivity contribution is -0.138. The quantitative estimate of drug-likeness (QED) is 0.612. The molecule has 2 atom stereocenters. The number of hydrogen-bond donors (Lipinski definition) is 3. The van der Waals surface area contributed by atoms with Crippen LogP contribution in [-0.2, 0) is 9.59 Å². The summed E-state index contributed by atoms with van der Waals surface area (Å²) in [5.74, 6) is -1.41. The van der Waals surface area contributed by atoms with E-state index in [4.69, 9.17) is 10.8 Å². The Hall–Kier alpha value is -0.810. The van der Waals surface area contributed by atoms with Crippen molar-refractivity contribution in [2.45, 2.75) is 26.3 Å². The first-order chi connectivity index (χ1) is 5.99. The summed E-state index contributed by atoms with van der Waals surface area (Å²) >= 11 is 0. The van der Waals surface area contributed by atoms with Crippen molar-refractivity contribution in [3.05, 3.63) is 0 Å². The van der Waals surface area contributed by atoms with Crippen LogP contribution in [0.1, 0.15) is 20.3 Å². The summed E-state index contributed by atoms with van der Waals surface area (Å²) in [4.78, 5) is 21.3. The van der Waals surface area contributed by atoms with E-state index in [9.17, 15) is 9.59 Å². The van der Waals surface area contributed by atoms with Gasteiger partial charge in [0.15, 0.2) is 0 Å². The highest BCUT2D eigenvalue weighted by atomic mass is 35.5. The molecule has 5 nitrogen and oxygen atoms in total. The predicted molar refractivity (Wildman–Crippen MR) is 55.3 cm³/mol. The standard InChI is InChI=1S/C8H16N2O3.ClH/c1-3-5(2)7(9)8(13)10-4-6(11)12;/h5,7H,3-4,9H2,1-2H3,(H,10,13)(H,11,12);1H/t5-,7-;/m0./s1. The van der Waals surface area contributed by atoms with E-state index in [2.05, 4.69) is 5.32 Å². The zero-order valence-electron chi connectivity index (χ0n) is 8.32. The smallest absolute Gasteiger partial charge is 0.322 e. The number of halogens is 1. The van der Waals surface area contributed by atoms with Crippen LogP contribution < -0.4 is 11.1 Å². The van der Waals surface area contributed by atoms with Gasteiger partial charge in [-0.1, -0.05) is 20.3 Å². The van der Waals surface area contributed by atoms with Gasteiger partial charge in [0, 0.05) is 0 Å². The van der Waals surface area contributed by atoms with Gasteiger partial charge >= 0.3 is 5.97 Å². The van der Waals surface area contributed by atoms with Gasteiger partial charge in [0.25, 0.3) is 0 Å². The van der Waals surface area contributed by atoms with E-state index >= 15 is 0 Å². The van der Waals surface area contributed by atoms with Gasteiger partial charge < -0.3 is 16.2 Å². The van der Waals surface area contributed by atoms with Crippen molar-refractivity contribution in [2.75, 3.05) is 6.54 Å². The lowest BCUT2D eigenvalue weighted by atomic mass is 9.99. The first-order valence-corrected chi connectivity index (χ1v) is 4.24. The monoisotopic (exact) mass is 224 g/mol. The molecular formula is C8H17ClN2O3. The minimum absolute atomic E-state index is 0. The Morgan fingerprint density at radius 2 is 2.00 bits per heavy atom. The molecule has 0 aromatic carbocycles. The molecule has 0 unspecified atom stereocenters. The Labute approximate surface area is 89.5 Å². The van der Waals surface area contributed by atoms with Gasteiger partial charge in [-0.2, -0.15) is 0 Å². The van der Waals surface area contributed by atoms with Crippen molar-refractivity contribution in [2.24, 2.45) is 11.7 Å². The number of nitrogens with two attached hydrogens (primary N) is 1. The first-order valence-electron chi connectivity index (χ1n) is 4.24. The van der Waals surface area contributed by atoms with E-state index in [1.165, 1.54) is 0 Å². The fraction of sp³-hybridized carbons (Fsp3) is 0.750. The number of aliphatic carboxylic acids is 1. The normalized spacial score (nSPS) is 13.6. The van der Waals surface area contributed by atoms with E-state index in [1.807, 2.05) is 13.8 Å². The maximum absolute atomic E-state index is 11.1. The second kappa shape index (κ2) is 7.58. The molecule has 0 spiro atoms. The summed E-state index contributed by atoms with van der Waals surface area (Å²) < 4.78 is 0. The molecule has 0 saturated heterocycles. The van der Waals surface area contributed by atoms with Gasteiger partial charge in [0.1, 0.15) is 6.54 Å². The van der Waals surface area contributed by atoms with Crippen LogP contribution in [0.15, 0.2) is 0 Å². The number of hydrogen-bond acceptors (Lipinski definition) is 3. The minimum Gasteiger partial charge on any atom is -0.480 e. The predicted octanol–water partition coefficient (Wildman–Crippen LogP) is -0.0176. The molecule has 0 fully saturated rings. The van der Waals surface area contributed by atoms with E-state index in [0.29, 0.717) is 0 Å². The molecule has 0 heterocycles. The van der Waals surface area contributed by atoms with Gasteiger partial charge in [-0.3, -0.25) is 9.59 Å². The number of carboxylic acids is 1. The van der Waals surface area contributed by atoms with Gasteiger partial charge in [0.2, 0.25) is 5.91 Å². The van der Waals surface area contributed by atoms with Crippen molar-refractivity contribution in [3.63, 3.8) is 0 Å². The molecule has 0 aliphatic heterocycles. The van der Waals surface area contributed by atoms with E-state index in [1.54, 1.807) is 0 Å². The van der Waals surface area contributed by atoms with Crippen LogP contribution in [0.4, 0.5) is 0 Å². The number of carbonyl (C=O) groups excluding carboxylic acids is 1. The second-order valence-electron chi connectivity index (χ2n) is 3.02. The van der Waals surface area contributed by atoms with Crippen LogP contribution in [0.5, 0.6) is 0 Å². The van der Waals surface area contributed by atoms with Crippen LogP contribution in [0.3, 0.4) is 0 Å². The van der Waals surface area contributed by atoms with Gasteiger partial charge in [-0.05, 0) is 5.92 Å². The summed E-state index contributed by atoms with van der Waals surface area (Å²) in [7, 11) is 0. The molecule has 1 amide bonds. The summed E-state index contributed by atoms with van der Waals surface area (Å²) in [5, 5.41) is 10.5. The summed E-state index contributed by atoms with van der Waals surface area (Å²) in [6.07, 6.45) is 0.793. The molecule has 0 aromatic heterocycles. The molecule has 0 rings (SSSR count). The molecule has 14 heavy (non-hydrogen) atoms. The number of amides is 1. The number of nitrogens with one attached hydrogen (secondary N) is 1. The van der Waals surface area contributed by atoms with Crippen LogP contribution in [-0.4, -0.2) is 29.6 Å². The highest BCUT2D eigenvalue weighted by Gasteiger charge is 2.19.